The van der Waals surface area contributed by atoms with Gasteiger partial charge >= 0.3 is 0 Å². The van der Waals surface area contributed by atoms with E-state index in [1.165, 1.54) is 24.3 Å². The van der Waals surface area contributed by atoms with Crippen LogP contribution in [0.5, 0.6) is 0 Å². The summed E-state index contributed by atoms with van der Waals surface area (Å²) in [6.45, 7) is 3.82. The number of hydrogen-bond donors (Lipinski definition) is 1. The smallest absolute Gasteiger partial charge is 0.234 e. The highest BCUT2D eigenvalue weighted by molar-refractivity contribution is 7.92. The molecule has 28 heavy (non-hydrogen) atoms. The van der Waals surface area contributed by atoms with Crippen LogP contribution in [-0.4, -0.2) is 24.5 Å². The molecule has 3 rings (SSSR count). The summed E-state index contributed by atoms with van der Waals surface area (Å²) in [5.74, 6) is -1.57. The van der Waals surface area contributed by atoms with E-state index in [-0.39, 0.29) is 42.9 Å². The van der Waals surface area contributed by atoms with Crippen molar-refractivity contribution in [2.45, 2.75) is 23.9 Å². The molecule has 1 aliphatic carbocycles. The lowest BCUT2D eigenvalue weighted by atomic mass is 10.1. The number of anilines is 1. The molecule has 2 atom stereocenters. The quantitative estimate of drug-likeness (QED) is 0.648. The highest BCUT2D eigenvalue weighted by Gasteiger charge is 2.60. The van der Waals surface area contributed by atoms with Gasteiger partial charge in [-0.2, -0.15) is 0 Å². The van der Waals surface area contributed by atoms with Gasteiger partial charge in [0.2, 0.25) is 25.2 Å². The minimum absolute atomic E-state index is 0.0880. The summed E-state index contributed by atoms with van der Waals surface area (Å²) in [6, 6.07) is 5.15. The van der Waals surface area contributed by atoms with Crippen molar-refractivity contribution in [1.29, 1.82) is 0 Å². The van der Waals surface area contributed by atoms with E-state index in [2.05, 4.69) is 15.5 Å². The number of carbonyl (C=O) groups is 1. The van der Waals surface area contributed by atoms with Gasteiger partial charge < -0.3 is 5.32 Å². The van der Waals surface area contributed by atoms with Gasteiger partial charge in [0.05, 0.1) is 11.7 Å². The molecule has 2 aromatic rings. The fourth-order valence-corrected chi connectivity index (χ4v) is 5.65. The van der Waals surface area contributed by atoms with E-state index in [0.29, 0.717) is 5.56 Å². The van der Waals surface area contributed by atoms with Crippen molar-refractivity contribution in [3.63, 3.8) is 0 Å². The van der Waals surface area contributed by atoms with Crippen LogP contribution in [0.4, 0.5) is 9.52 Å². The third-order valence-corrected chi connectivity index (χ3v) is 7.90. The Morgan fingerprint density at radius 1 is 1.29 bits per heavy atom. The molecule has 1 N–H and O–H groups in total. The first kappa shape index (κ1) is 21.2. The minimum atomic E-state index is -3.77. The Morgan fingerprint density at radius 3 is 2.54 bits per heavy atom. The number of nitrogens with zero attached hydrogens (tertiary/aromatic N) is 2. The van der Waals surface area contributed by atoms with Gasteiger partial charge in [-0.1, -0.05) is 60.5 Å². The molecule has 1 aliphatic rings. The third kappa shape index (κ3) is 4.53. The lowest BCUT2D eigenvalue weighted by Gasteiger charge is -2.02. The molecule has 0 radical (unpaired) electrons. The van der Waals surface area contributed by atoms with Crippen molar-refractivity contribution in [2.75, 3.05) is 5.32 Å². The summed E-state index contributed by atoms with van der Waals surface area (Å²) in [6.07, 6.45) is 1.62. The molecule has 0 bridgehead atoms. The van der Waals surface area contributed by atoms with Crippen LogP contribution in [0.15, 0.2) is 39.2 Å². The molecule has 1 aromatic carbocycles. The van der Waals surface area contributed by atoms with Crippen molar-refractivity contribution < 1.29 is 17.6 Å². The van der Waals surface area contributed by atoms with E-state index in [9.17, 15) is 17.6 Å². The van der Waals surface area contributed by atoms with Crippen molar-refractivity contribution in [3.8, 4) is 0 Å². The number of allylic oxidation sites excluding steroid dienone is 1. The number of hydrogen-bond acceptors (Lipinski definition) is 6. The van der Waals surface area contributed by atoms with Gasteiger partial charge in [-0.15, -0.1) is 10.2 Å². The molecule has 6 nitrogen and oxygen atoms in total. The van der Waals surface area contributed by atoms with E-state index in [1.54, 1.807) is 6.08 Å². The largest absolute Gasteiger partial charge is 0.300 e. The van der Waals surface area contributed by atoms with Crippen LogP contribution in [-0.2, 0) is 20.4 Å². The highest BCUT2D eigenvalue weighted by atomic mass is 35.5. The Morgan fingerprint density at radius 2 is 1.93 bits per heavy atom. The van der Waals surface area contributed by atoms with Crippen LogP contribution in [0.2, 0.25) is 0 Å². The number of sulfone groups is 1. The maximum Gasteiger partial charge on any atom is 0.234 e. The second kappa shape index (κ2) is 7.70. The molecule has 2 unspecified atom stereocenters. The van der Waals surface area contributed by atoms with E-state index in [4.69, 9.17) is 23.2 Å². The average Bonchev–Trinajstić information content (AvgIpc) is 2.93. The maximum atomic E-state index is 13.0. The molecule has 0 saturated heterocycles. The first-order valence-electron chi connectivity index (χ1n) is 8.15. The lowest BCUT2D eigenvalue weighted by Crippen LogP contribution is -2.16. The molecule has 1 heterocycles. The van der Waals surface area contributed by atoms with Crippen LogP contribution in [0.1, 0.15) is 19.4 Å². The second-order valence-electron chi connectivity index (χ2n) is 7.03. The molecule has 11 heteroatoms. The highest BCUT2D eigenvalue weighted by Crippen LogP contribution is 2.60. The fraction of sp³-hybridized carbons (Fsp3) is 0.353. The number of benzene rings is 1. The summed E-state index contributed by atoms with van der Waals surface area (Å²) < 4.78 is 37.8. The summed E-state index contributed by atoms with van der Waals surface area (Å²) in [4.78, 5) is 12.5. The molecule has 150 valence electrons. The number of carbonyl (C=O) groups excluding carboxylic acids is 1. The van der Waals surface area contributed by atoms with Crippen molar-refractivity contribution >= 4 is 55.4 Å². The van der Waals surface area contributed by atoms with E-state index >= 15 is 0 Å². The van der Waals surface area contributed by atoms with Gasteiger partial charge in [0, 0.05) is 0 Å². The van der Waals surface area contributed by atoms with Gasteiger partial charge in [0.25, 0.3) is 0 Å². The summed E-state index contributed by atoms with van der Waals surface area (Å²) in [5.41, 5.74) is 0.107. The summed E-state index contributed by atoms with van der Waals surface area (Å²) >= 11 is 12.1. The van der Waals surface area contributed by atoms with Gasteiger partial charge in [-0.05, 0) is 35.1 Å². The van der Waals surface area contributed by atoms with Crippen LogP contribution in [0, 0.1) is 23.1 Å². The molecule has 1 saturated carbocycles. The monoisotopic (exact) mass is 463 g/mol. The topological polar surface area (TPSA) is 89.0 Å². The number of aromatic nitrogens is 2. The van der Waals surface area contributed by atoms with Crippen LogP contribution in [0.3, 0.4) is 0 Å². The molecule has 1 amide bonds. The predicted molar refractivity (Wildman–Crippen MR) is 106 cm³/mol. The van der Waals surface area contributed by atoms with Gasteiger partial charge in [0.15, 0.2) is 0 Å². The Kier molecular flexibility index (Phi) is 5.82. The molecule has 0 aliphatic heterocycles. The van der Waals surface area contributed by atoms with E-state index in [0.717, 1.165) is 11.3 Å². The van der Waals surface area contributed by atoms with Crippen molar-refractivity contribution in [2.24, 2.45) is 17.3 Å². The van der Waals surface area contributed by atoms with Gasteiger partial charge in [-0.25, -0.2) is 12.8 Å². The van der Waals surface area contributed by atoms with Crippen molar-refractivity contribution in [1.82, 2.24) is 10.2 Å². The molecule has 0 spiro atoms. The first-order chi connectivity index (χ1) is 13.0. The Labute approximate surface area is 175 Å². The van der Waals surface area contributed by atoms with Crippen molar-refractivity contribution in [3.05, 3.63) is 46.2 Å². The SMILES string of the molecule is CC1(C)C(C=C(Cl)Cl)C1C(=O)Nc1nnc(S(=O)(=O)Cc2ccc(F)cc2)s1. The molecule has 1 fully saturated rings. The molecular weight excluding hydrogens is 448 g/mol. The number of halogens is 3. The average molecular weight is 464 g/mol. The number of nitrogens with one attached hydrogen (secondary N) is 1. The van der Waals surface area contributed by atoms with E-state index in [1.807, 2.05) is 13.8 Å². The Hall–Kier alpha value is -1.55. The summed E-state index contributed by atoms with van der Waals surface area (Å²) in [7, 11) is -3.77. The zero-order valence-electron chi connectivity index (χ0n) is 14.8. The Balaban J connectivity index is 1.69. The standard InChI is InChI=1S/C17H16Cl2FN3O3S2/c1-17(2)11(7-12(18)19)13(17)14(24)21-15-22-23-16(27-15)28(25,26)8-9-3-5-10(20)6-4-9/h3-7,11,13H,8H2,1-2H3,(H,21,22,24). The zero-order chi connectivity index (χ0) is 20.7. The van der Waals surface area contributed by atoms with E-state index < -0.39 is 15.7 Å². The van der Waals surface area contributed by atoms with Crippen LogP contribution < -0.4 is 5.32 Å². The number of rotatable bonds is 6. The zero-order valence-corrected chi connectivity index (χ0v) is 18.0. The molecule has 1 aromatic heterocycles. The third-order valence-electron chi connectivity index (χ3n) is 4.67. The molecular formula is C17H16Cl2FN3O3S2. The fourth-order valence-electron chi connectivity index (χ4n) is 3.06. The van der Waals surface area contributed by atoms with Gasteiger partial charge in [0.1, 0.15) is 10.3 Å². The maximum absolute atomic E-state index is 13.0. The predicted octanol–water partition coefficient (Wildman–Crippen LogP) is 4.18. The van der Waals surface area contributed by atoms with Crippen LogP contribution in [0.25, 0.3) is 0 Å². The normalized spacial score (nSPS) is 20.5. The van der Waals surface area contributed by atoms with Crippen LogP contribution >= 0.6 is 34.5 Å². The first-order valence-corrected chi connectivity index (χ1v) is 11.4. The number of amides is 1. The Bertz CT molecular complexity index is 1030. The van der Waals surface area contributed by atoms with Gasteiger partial charge in [-0.3, -0.25) is 4.79 Å². The minimum Gasteiger partial charge on any atom is -0.300 e. The summed E-state index contributed by atoms with van der Waals surface area (Å²) in [5, 5.41) is 10.1. The second-order valence-corrected chi connectivity index (χ2v) is 11.2. The lowest BCUT2D eigenvalue weighted by molar-refractivity contribution is -0.118.